The summed E-state index contributed by atoms with van der Waals surface area (Å²) in [7, 11) is -3.89. The van der Waals surface area contributed by atoms with E-state index in [0.29, 0.717) is 6.54 Å². The van der Waals surface area contributed by atoms with Crippen LogP contribution in [0.25, 0.3) is 0 Å². The average molecular weight is 449 g/mol. The van der Waals surface area contributed by atoms with Crippen LogP contribution in [0.1, 0.15) is 12.8 Å². The molecular formula is C16H18Cl2N4O3S2. The van der Waals surface area contributed by atoms with Gasteiger partial charge < -0.3 is 10.2 Å². The third-order valence-electron chi connectivity index (χ3n) is 4.07. The Morgan fingerprint density at radius 3 is 2.74 bits per heavy atom. The predicted octanol–water partition coefficient (Wildman–Crippen LogP) is 2.51. The van der Waals surface area contributed by atoms with Gasteiger partial charge in [0.1, 0.15) is 4.90 Å². The number of nitrogens with one attached hydrogen (secondary N) is 2. The Kier molecular flexibility index (Phi) is 6.59. The molecule has 1 atom stereocenters. The Bertz CT molecular complexity index is 886. The number of rotatable bonds is 7. The summed E-state index contributed by atoms with van der Waals surface area (Å²) in [5.74, 6) is -0.214. The molecule has 0 aliphatic carbocycles. The molecule has 2 aromatic rings. The maximum atomic E-state index is 12.4. The van der Waals surface area contributed by atoms with Crippen LogP contribution in [0.5, 0.6) is 0 Å². The quantitative estimate of drug-likeness (QED) is 0.678. The van der Waals surface area contributed by atoms with Crippen LogP contribution in [0.2, 0.25) is 10.0 Å². The van der Waals surface area contributed by atoms with Crippen LogP contribution in [-0.4, -0.2) is 45.0 Å². The maximum Gasteiger partial charge on any atom is 0.243 e. The predicted molar refractivity (Wildman–Crippen MR) is 107 cm³/mol. The highest BCUT2D eigenvalue weighted by molar-refractivity contribution is 7.89. The fourth-order valence-corrected chi connectivity index (χ4v) is 5.69. The average Bonchev–Trinajstić information content (AvgIpc) is 3.25. The van der Waals surface area contributed by atoms with Crippen molar-refractivity contribution in [1.82, 2.24) is 15.0 Å². The number of anilines is 1. The van der Waals surface area contributed by atoms with E-state index in [1.807, 2.05) is 5.38 Å². The Hall–Kier alpha value is -1.39. The van der Waals surface area contributed by atoms with E-state index in [1.165, 1.54) is 12.1 Å². The van der Waals surface area contributed by atoms with Crippen molar-refractivity contribution in [3.8, 4) is 0 Å². The first-order valence-electron chi connectivity index (χ1n) is 8.24. The summed E-state index contributed by atoms with van der Waals surface area (Å²) >= 11 is 13.4. The Morgan fingerprint density at radius 2 is 2.07 bits per heavy atom. The van der Waals surface area contributed by atoms with Crippen molar-refractivity contribution in [2.24, 2.45) is 0 Å². The second-order valence-corrected chi connectivity index (χ2v) is 9.40. The van der Waals surface area contributed by atoms with Gasteiger partial charge in [-0.25, -0.2) is 18.1 Å². The molecule has 0 spiro atoms. The highest BCUT2D eigenvalue weighted by Crippen LogP contribution is 2.28. The van der Waals surface area contributed by atoms with Crippen molar-refractivity contribution in [1.29, 1.82) is 0 Å². The second-order valence-electron chi connectivity index (χ2n) is 6.01. The molecule has 2 N–H and O–H groups in total. The molecule has 1 aliphatic rings. The van der Waals surface area contributed by atoms with Crippen LogP contribution in [0.4, 0.5) is 5.13 Å². The number of halogens is 2. The number of nitrogens with zero attached hydrogens (tertiary/aromatic N) is 2. The summed E-state index contributed by atoms with van der Waals surface area (Å²) in [4.78, 5) is 18.3. The molecule has 1 amide bonds. The smallest absolute Gasteiger partial charge is 0.243 e. The molecule has 27 heavy (non-hydrogen) atoms. The molecule has 11 heteroatoms. The van der Waals surface area contributed by atoms with Crippen molar-refractivity contribution < 1.29 is 13.2 Å². The van der Waals surface area contributed by atoms with Crippen molar-refractivity contribution in [3.05, 3.63) is 39.8 Å². The van der Waals surface area contributed by atoms with E-state index < -0.39 is 10.0 Å². The molecule has 1 fully saturated rings. The Morgan fingerprint density at radius 1 is 1.33 bits per heavy atom. The van der Waals surface area contributed by atoms with Gasteiger partial charge in [0, 0.05) is 43.7 Å². The molecule has 1 aliphatic heterocycles. The van der Waals surface area contributed by atoms with Crippen molar-refractivity contribution in [2.45, 2.75) is 23.8 Å². The van der Waals surface area contributed by atoms with E-state index in [0.717, 1.165) is 18.1 Å². The fourth-order valence-electron chi connectivity index (χ4n) is 2.83. The summed E-state index contributed by atoms with van der Waals surface area (Å²) in [6.45, 7) is 1.48. The lowest BCUT2D eigenvalue weighted by Crippen LogP contribution is -2.38. The molecule has 3 rings (SSSR count). The van der Waals surface area contributed by atoms with Crippen LogP contribution in [-0.2, 0) is 14.8 Å². The highest BCUT2D eigenvalue weighted by atomic mass is 35.5. The SMILES string of the molecule is O=C(CCNS(=O)(=O)c1c(Cl)cccc1Cl)NC1CCN(c2nccs2)C1. The molecule has 2 heterocycles. The van der Waals surface area contributed by atoms with E-state index >= 15 is 0 Å². The van der Waals surface area contributed by atoms with Gasteiger partial charge in [0.05, 0.1) is 10.0 Å². The first kappa shape index (κ1) is 20.3. The van der Waals surface area contributed by atoms with E-state index in [1.54, 1.807) is 23.6 Å². The number of carbonyl (C=O) groups is 1. The second kappa shape index (κ2) is 8.74. The van der Waals surface area contributed by atoms with Crippen molar-refractivity contribution in [3.63, 3.8) is 0 Å². The van der Waals surface area contributed by atoms with Gasteiger partial charge in [0.15, 0.2) is 5.13 Å². The zero-order valence-electron chi connectivity index (χ0n) is 14.2. The number of hydrogen-bond donors (Lipinski definition) is 2. The number of amides is 1. The zero-order valence-corrected chi connectivity index (χ0v) is 17.3. The van der Waals surface area contributed by atoms with E-state index in [2.05, 4.69) is 19.9 Å². The topological polar surface area (TPSA) is 91.4 Å². The van der Waals surface area contributed by atoms with Crippen LogP contribution in [0.3, 0.4) is 0 Å². The van der Waals surface area contributed by atoms with Gasteiger partial charge in [0.25, 0.3) is 0 Å². The first-order chi connectivity index (χ1) is 12.9. The normalized spacial score (nSPS) is 17.3. The number of benzene rings is 1. The molecular weight excluding hydrogens is 431 g/mol. The molecule has 1 aromatic carbocycles. The number of aromatic nitrogens is 1. The third-order valence-corrected chi connectivity index (χ3v) is 7.32. The summed E-state index contributed by atoms with van der Waals surface area (Å²) in [6, 6.07) is 4.48. The van der Waals surface area contributed by atoms with Gasteiger partial charge in [-0.05, 0) is 18.6 Å². The minimum Gasteiger partial charge on any atom is -0.351 e. The third kappa shape index (κ3) is 5.11. The van der Waals surface area contributed by atoms with Crippen LogP contribution in [0, 0.1) is 0 Å². The standard InChI is InChI=1S/C16H18Cl2N4O3S2/c17-12-2-1-3-13(18)15(12)27(24,25)20-6-4-14(23)21-11-5-8-22(10-11)16-19-7-9-26-16/h1-3,7,9,11,20H,4-6,8,10H2,(H,21,23). The number of sulfonamides is 1. The van der Waals surface area contributed by atoms with Crippen LogP contribution < -0.4 is 14.9 Å². The van der Waals surface area contributed by atoms with Gasteiger partial charge in [-0.2, -0.15) is 0 Å². The number of thiazole rings is 1. The molecule has 7 nitrogen and oxygen atoms in total. The van der Waals surface area contributed by atoms with E-state index in [9.17, 15) is 13.2 Å². The van der Waals surface area contributed by atoms with Crippen molar-refractivity contribution in [2.75, 3.05) is 24.5 Å². The molecule has 0 radical (unpaired) electrons. The number of hydrogen-bond acceptors (Lipinski definition) is 6. The molecule has 0 bridgehead atoms. The monoisotopic (exact) mass is 448 g/mol. The summed E-state index contributed by atoms with van der Waals surface area (Å²) in [6.07, 6.45) is 2.60. The summed E-state index contributed by atoms with van der Waals surface area (Å²) in [5.41, 5.74) is 0. The molecule has 1 aromatic heterocycles. The molecule has 0 saturated carbocycles. The lowest BCUT2D eigenvalue weighted by Gasteiger charge is -2.16. The first-order valence-corrected chi connectivity index (χ1v) is 11.4. The molecule has 1 saturated heterocycles. The van der Waals surface area contributed by atoms with Crippen LogP contribution >= 0.6 is 34.5 Å². The zero-order chi connectivity index (χ0) is 19.4. The van der Waals surface area contributed by atoms with Gasteiger partial charge in [-0.3, -0.25) is 4.79 Å². The van der Waals surface area contributed by atoms with Gasteiger partial charge in [-0.1, -0.05) is 29.3 Å². The maximum absolute atomic E-state index is 12.4. The lowest BCUT2D eigenvalue weighted by molar-refractivity contribution is -0.121. The van der Waals surface area contributed by atoms with Gasteiger partial charge in [-0.15, -0.1) is 11.3 Å². The van der Waals surface area contributed by atoms with E-state index in [-0.39, 0.29) is 39.9 Å². The largest absolute Gasteiger partial charge is 0.351 e. The van der Waals surface area contributed by atoms with E-state index in [4.69, 9.17) is 23.2 Å². The Labute approximate surface area is 171 Å². The highest BCUT2D eigenvalue weighted by Gasteiger charge is 2.26. The summed E-state index contributed by atoms with van der Waals surface area (Å²) < 4.78 is 27.1. The molecule has 146 valence electrons. The summed E-state index contributed by atoms with van der Waals surface area (Å²) in [5, 5.41) is 5.85. The van der Waals surface area contributed by atoms with Crippen molar-refractivity contribution >= 4 is 55.6 Å². The van der Waals surface area contributed by atoms with Crippen LogP contribution in [0.15, 0.2) is 34.7 Å². The lowest BCUT2D eigenvalue weighted by atomic mass is 10.2. The minimum atomic E-state index is -3.89. The Balaban J connectivity index is 1.47. The van der Waals surface area contributed by atoms with Gasteiger partial charge >= 0.3 is 0 Å². The number of carbonyl (C=O) groups excluding carboxylic acids is 1. The minimum absolute atomic E-state index is 0.0229. The molecule has 1 unspecified atom stereocenters. The van der Waals surface area contributed by atoms with Gasteiger partial charge in [0.2, 0.25) is 15.9 Å². The fraction of sp³-hybridized carbons (Fsp3) is 0.375.